The van der Waals surface area contributed by atoms with E-state index in [1.165, 1.54) is 5.56 Å². The van der Waals surface area contributed by atoms with Crippen molar-refractivity contribution in [1.29, 1.82) is 0 Å². The molecule has 1 aromatic rings. The molecule has 1 saturated heterocycles. The maximum atomic E-state index is 8.70. The molecule has 0 spiro atoms. The standard InChI is InChI=1S/C15H20N2O/c1-16-7-9-17(10-8-16)13-15-5-2-4-14(12-15)6-3-11-18/h2,4-5,12,18H,7-11,13H2,1H3. The first kappa shape index (κ1) is 13.1. The molecule has 0 amide bonds. The summed E-state index contributed by atoms with van der Waals surface area (Å²) in [5, 5.41) is 8.70. The van der Waals surface area contributed by atoms with Crippen LogP contribution in [0, 0.1) is 11.8 Å². The molecule has 1 fully saturated rings. The number of nitrogens with zero attached hydrogens (tertiary/aromatic N) is 2. The molecule has 18 heavy (non-hydrogen) atoms. The molecule has 0 radical (unpaired) electrons. The summed E-state index contributed by atoms with van der Waals surface area (Å²) in [4.78, 5) is 4.83. The monoisotopic (exact) mass is 244 g/mol. The topological polar surface area (TPSA) is 26.7 Å². The lowest BCUT2D eigenvalue weighted by Crippen LogP contribution is -2.43. The van der Waals surface area contributed by atoms with Gasteiger partial charge in [-0.3, -0.25) is 4.90 Å². The fraction of sp³-hybridized carbons (Fsp3) is 0.467. The van der Waals surface area contributed by atoms with Crippen LogP contribution in [0.4, 0.5) is 0 Å². The summed E-state index contributed by atoms with van der Waals surface area (Å²) in [6, 6.07) is 8.27. The number of hydrogen-bond donors (Lipinski definition) is 1. The van der Waals surface area contributed by atoms with Crippen LogP contribution in [0.2, 0.25) is 0 Å². The molecule has 3 nitrogen and oxygen atoms in total. The van der Waals surface area contributed by atoms with E-state index in [2.05, 4.69) is 40.8 Å². The van der Waals surface area contributed by atoms with Gasteiger partial charge in [-0.05, 0) is 24.7 Å². The molecule has 1 aromatic carbocycles. The zero-order valence-corrected chi connectivity index (χ0v) is 10.9. The Morgan fingerprint density at radius 1 is 1.22 bits per heavy atom. The van der Waals surface area contributed by atoms with Crippen LogP contribution >= 0.6 is 0 Å². The van der Waals surface area contributed by atoms with Gasteiger partial charge in [-0.15, -0.1) is 0 Å². The highest BCUT2D eigenvalue weighted by molar-refractivity contribution is 5.37. The number of benzene rings is 1. The van der Waals surface area contributed by atoms with Crippen LogP contribution in [0.1, 0.15) is 11.1 Å². The second kappa shape index (κ2) is 6.55. The van der Waals surface area contributed by atoms with E-state index in [9.17, 15) is 0 Å². The van der Waals surface area contributed by atoms with Crippen molar-refractivity contribution >= 4 is 0 Å². The van der Waals surface area contributed by atoms with E-state index in [4.69, 9.17) is 5.11 Å². The fourth-order valence-corrected chi connectivity index (χ4v) is 2.15. The van der Waals surface area contributed by atoms with Crippen LogP contribution in [0.5, 0.6) is 0 Å². The van der Waals surface area contributed by atoms with Crippen molar-refractivity contribution in [2.75, 3.05) is 39.8 Å². The summed E-state index contributed by atoms with van der Waals surface area (Å²) >= 11 is 0. The first-order valence-electron chi connectivity index (χ1n) is 6.37. The van der Waals surface area contributed by atoms with Gasteiger partial charge >= 0.3 is 0 Å². The van der Waals surface area contributed by atoms with Crippen LogP contribution in [0.3, 0.4) is 0 Å². The van der Waals surface area contributed by atoms with Crippen molar-refractivity contribution in [3.63, 3.8) is 0 Å². The quantitative estimate of drug-likeness (QED) is 0.779. The van der Waals surface area contributed by atoms with Crippen LogP contribution in [0.25, 0.3) is 0 Å². The average Bonchev–Trinajstić information content (AvgIpc) is 2.40. The SMILES string of the molecule is CN1CCN(Cc2cccc(C#CCO)c2)CC1. The van der Waals surface area contributed by atoms with Crippen molar-refractivity contribution < 1.29 is 5.11 Å². The number of aliphatic hydroxyl groups excluding tert-OH is 1. The van der Waals surface area contributed by atoms with Gasteiger partial charge in [-0.2, -0.15) is 0 Å². The molecule has 0 bridgehead atoms. The van der Waals surface area contributed by atoms with Crippen molar-refractivity contribution in [1.82, 2.24) is 9.80 Å². The second-order valence-corrected chi connectivity index (χ2v) is 4.74. The molecular formula is C15H20N2O. The first-order valence-corrected chi connectivity index (χ1v) is 6.37. The van der Waals surface area contributed by atoms with E-state index < -0.39 is 0 Å². The molecule has 0 atom stereocenters. The molecule has 0 aromatic heterocycles. The summed E-state index contributed by atoms with van der Waals surface area (Å²) < 4.78 is 0. The smallest absolute Gasteiger partial charge is 0.104 e. The zero-order valence-electron chi connectivity index (χ0n) is 10.9. The minimum Gasteiger partial charge on any atom is -0.384 e. The van der Waals surface area contributed by atoms with Gasteiger partial charge in [0.2, 0.25) is 0 Å². The Kier molecular flexibility index (Phi) is 4.77. The largest absolute Gasteiger partial charge is 0.384 e. The Bertz CT molecular complexity index is 439. The van der Waals surface area contributed by atoms with E-state index in [1.807, 2.05) is 12.1 Å². The van der Waals surface area contributed by atoms with Crippen molar-refractivity contribution in [2.45, 2.75) is 6.54 Å². The highest BCUT2D eigenvalue weighted by Crippen LogP contribution is 2.09. The maximum Gasteiger partial charge on any atom is 0.104 e. The molecule has 1 aliphatic rings. The predicted octanol–water partition coefficient (Wildman–Crippen LogP) is 0.778. The Hall–Kier alpha value is -1.34. The van der Waals surface area contributed by atoms with Gasteiger partial charge < -0.3 is 10.0 Å². The number of likely N-dealkylation sites (N-methyl/N-ethyl adjacent to an activating group) is 1. The third-order valence-electron chi connectivity index (χ3n) is 3.24. The highest BCUT2D eigenvalue weighted by Gasteiger charge is 2.13. The van der Waals surface area contributed by atoms with Crippen LogP contribution < -0.4 is 0 Å². The lowest BCUT2D eigenvalue weighted by molar-refractivity contribution is 0.148. The third kappa shape index (κ3) is 3.85. The molecule has 2 rings (SSSR count). The zero-order chi connectivity index (χ0) is 12.8. The minimum atomic E-state index is -0.0807. The number of hydrogen-bond acceptors (Lipinski definition) is 3. The lowest BCUT2D eigenvalue weighted by Gasteiger charge is -2.32. The lowest BCUT2D eigenvalue weighted by atomic mass is 10.1. The molecular weight excluding hydrogens is 224 g/mol. The Morgan fingerprint density at radius 3 is 2.72 bits per heavy atom. The third-order valence-corrected chi connectivity index (χ3v) is 3.24. The van der Waals surface area contributed by atoms with E-state index in [1.54, 1.807) is 0 Å². The minimum absolute atomic E-state index is 0.0807. The fourth-order valence-electron chi connectivity index (χ4n) is 2.15. The molecule has 0 unspecified atom stereocenters. The van der Waals surface area contributed by atoms with Gasteiger partial charge in [0, 0.05) is 38.3 Å². The van der Waals surface area contributed by atoms with Gasteiger partial charge in [0.1, 0.15) is 6.61 Å². The molecule has 1 aliphatic heterocycles. The van der Waals surface area contributed by atoms with E-state index in [-0.39, 0.29) is 6.61 Å². The summed E-state index contributed by atoms with van der Waals surface area (Å²) in [6.07, 6.45) is 0. The Morgan fingerprint density at radius 2 is 2.00 bits per heavy atom. The van der Waals surface area contributed by atoms with Gasteiger partial charge in [-0.25, -0.2) is 0 Å². The second-order valence-electron chi connectivity index (χ2n) is 4.74. The van der Waals surface area contributed by atoms with Gasteiger partial charge in [0.15, 0.2) is 0 Å². The molecule has 0 saturated carbocycles. The molecule has 1 N–H and O–H groups in total. The van der Waals surface area contributed by atoms with Gasteiger partial charge in [0.05, 0.1) is 0 Å². The van der Waals surface area contributed by atoms with Crippen molar-refractivity contribution in [2.24, 2.45) is 0 Å². The Balaban J connectivity index is 1.96. The predicted molar refractivity (Wildman–Crippen MR) is 73.2 cm³/mol. The highest BCUT2D eigenvalue weighted by atomic mass is 16.2. The summed E-state index contributed by atoms with van der Waals surface area (Å²) in [5.74, 6) is 5.64. The summed E-state index contributed by atoms with van der Waals surface area (Å²) in [6.45, 7) is 5.45. The van der Waals surface area contributed by atoms with Crippen LogP contribution in [-0.4, -0.2) is 54.7 Å². The molecule has 0 aliphatic carbocycles. The molecule has 1 heterocycles. The maximum absolute atomic E-state index is 8.70. The van der Waals surface area contributed by atoms with Crippen molar-refractivity contribution in [3.8, 4) is 11.8 Å². The van der Waals surface area contributed by atoms with E-state index in [0.717, 1.165) is 38.3 Å². The Labute approximate surface area is 109 Å². The molecule has 96 valence electrons. The van der Waals surface area contributed by atoms with E-state index in [0.29, 0.717) is 0 Å². The van der Waals surface area contributed by atoms with Crippen LogP contribution in [-0.2, 0) is 6.54 Å². The van der Waals surface area contributed by atoms with Crippen LogP contribution in [0.15, 0.2) is 24.3 Å². The summed E-state index contributed by atoms with van der Waals surface area (Å²) in [7, 11) is 2.17. The van der Waals surface area contributed by atoms with Gasteiger partial charge in [0.25, 0.3) is 0 Å². The number of piperazine rings is 1. The molecule has 3 heteroatoms. The van der Waals surface area contributed by atoms with Gasteiger partial charge in [-0.1, -0.05) is 24.0 Å². The average molecular weight is 244 g/mol. The van der Waals surface area contributed by atoms with E-state index >= 15 is 0 Å². The summed E-state index contributed by atoms with van der Waals surface area (Å²) in [5.41, 5.74) is 2.28. The van der Waals surface area contributed by atoms with Crippen molar-refractivity contribution in [3.05, 3.63) is 35.4 Å². The number of aliphatic hydroxyl groups is 1. The normalized spacial score (nSPS) is 17.2. The first-order chi connectivity index (χ1) is 8.78. The number of rotatable bonds is 2.